The number of carbonyl (C=O) groups excluding carboxylic acids is 4. The summed E-state index contributed by atoms with van der Waals surface area (Å²) in [4.78, 5) is 72.6. The van der Waals surface area contributed by atoms with Crippen LogP contribution < -0.4 is 0 Å². The molecular formula is C72H140O17P2. The Morgan fingerprint density at radius 1 is 0.308 bits per heavy atom. The largest absolute Gasteiger partial charge is 0.472 e. The number of aliphatic hydroxyl groups excluding tert-OH is 1. The third kappa shape index (κ3) is 63.9. The van der Waals surface area contributed by atoms with Gasteiger partial charge in [-0.15, -0.1) is 0 Å². The monoisotopic (exact) mass is 1340 g/mol. The van der Waals surface area contributed by atoms with E-state index in [-0.39, 0.29) is 25.7 Å². The molecule has 0 aromatic rings. The van der Waals surface area contributed by atoms with Gasteiger partial charge in [-0.2, -0.15) is 0 Å². The van der Waals surface area contributed by atoms with Crippen molar-refractivity contribution in [1.29, 1.82) is 0 Å². The second-order valence-corrected chi connectivity index (χ2v) is 30.3. The van der Waals surface area contributed by atoms with Crippen molar-refractivity contribution in [2.45, 2.75) is 375 Å². The van der Waals surface area contributed by atoms with E-state index in [9.17, 15) is 43.2 Å². The molecule has 0 radical (unpaired) electrons. The van der Waals surface area contributed by atoms with E-state index in [1.165, 1.54) is 154 Å². The third-order valence-electron chi connectivity index (χ3n) is 17.3. The predicted molar refractivity (Wildman–Crippen MR) is 367 cm³/mol. The molecule has 7 atom stereocenters. The molecule has 540 valence electrons. The smallest absolute Gasteiger partial charge is 0.462 e. The number of phosphoric ester groups is 2. The van der Waals surface area contributed by atoms with E-state index < -0.39 is 97.5 Å². The first-order valence-corrected chi connectivity index (χ1v) is 40.3. The van der Waals surface area contributed by atoms with Crippen LogP contribution in [0.15, 0.2) is 0 Å². The summed E-state index contributed by atoms with van der Waals surface area (Å²) >= 11 is 0. The van der Waals surface area contributed by atoms with Crippen LogP contribution in [-0.2, 0) is 65.4 Å². The summed E-state index contributed by atoms with van der Waals surface area (Å²) in [6, 6.07) is 0. The van der Waals surface area contributed by atoms with Crippen LogP contribution in [0, 0.1) is 23.7 Å². The molecule has 19 heteroatoms. The minimum atomic E-state index is -4.95. The molecule has 91 heavy (non-hydrogen) atoms. The van der Waals surface area contributed by atoms with Crippen LogP contribution in [0.1, 0.15) is 357 Å². The number of hydrogen-bond donors (Lipinski definition) is 3. The Labute approximate surface area is 556 Å². The molecule has 0 aromatic heterocycles. The minimum absolute atomic E-state index is 0.104. The molecule has 0 aliphatic rings. The summed E-state index contributed by atoms with van der Waals surface area (Å²) in [5.74, 6) is 0.915. The number of ether oxygens (including phenoxy) is 4. The van der Waals surface area contributed by atoms with Gasteiger partial charge < -0.3 is 33.8 Å². The molecule has 3 N–H and O–H groups in total. The summed E-state index contributed by atoms with van der Waals surface area (Å²) < 4.78 is 68.4. The van der Waals surface area contributed by atoms with Crippen LogP contribution >= 0.6 is 15.6 Å². The molecule has 0 fully saturated rings. The maximum Gasteiger partial charge on any atom is 0.472 e. The molecule has 0 bridgehead atoms. The first kappa shape index (κ1) is 89.1. The average molecular weight is 1340 g/mol. The number of phosphoric acid groups is 2. The summed E-state index contributed by atoms with van der Waals surface area (Å²) in [5, 5.41) is 10.6. The van der Waals surface area contributed by atoms with Crippen LogP contribution in [0.2, 0.25) is 0 Å². The number of esters is 4. The molecule has 0 saturated heterocycles. The Morgan fingerprint density at radius 3 is 0.780 bits per heavy atom. The third-order valence-corrected chi connectivity index (χ3v) is 19.2. The number of carbonyl (C=O) groups is 4. The van der Waals surface area contributed by atoms with Gasteiger partial charge in [-0.1, -0.05) is 306 Å². The highest BCUT2D eigenvalue weighted by atomic mass is 31.2. The molecular weight excluding hydrogens is 1200 g/mol. The molecule has 0 rings (SSSR count). The molecule has 17 nitrogen and oxygen atoms in total. The van der Waals surface area contributed by atoms with E-state index >= 15 is 0 Å². The highest BCUT2D eigenvalue weighted by molar-refractivity contribution is 7.47. The Kier molecular flexibility index (Phi) is 60.3. The van der Waals surface area contributed by atoms with E-state index in [4.69, 9.17) is 37.0 Å². The van der Waals surface area contributed by atoms with Crippen molar-refractivity contribution in [3.8, 4) is 0 Å². The van der Waals surface area contributed by atoms with Gasteiger partial charge in [0.15, 0.2) is 12.2 Å². The van der Waals surface area contributed by atoms with E-state index in [0.717, 1.165) is 120 Å². The van der Waals surface area contributed by atoms with Crippen LogP contribution in [0.25, 0.3) is 0 Å². The van der Waals surface area contributed by atoms with Gasteiger partial charge in [0.05, 0.1) is 26.4 Å². The van der Waals surface area contributed by atoms with E-state index in [0.29, 0.717) is 25.7 Å². The molecule has 0 aliphatic carbocycles. The summed E-state index contributed by atoms with van der Waals surface area (Å²) in [6.07, 6.45) is 44.4. The van der Waals surface area contributed by atoms with Crippen molar-refractivity contribution >= 4 is 39.5 Å². The van der Waals surface area contributed by atoms with Crippen LogP contribution in [0.3, 0.4) is 0 Å². The second-order valence-electron chi connectivity index (χ2n) is 27.4. The van der Waals surface area contributed by atoms with Gasteiger partial charge in [0, 0.05) is 25.7 Å². The molecule has 0 amide bonds. The van der Waals surface area contributed by atoms with Crippen molar-refractivity contribution in [2.24, 2.45) is 23.7 Å². The first-order chi connectivity index (χ1) is 43.7. The lowest BCUT2D eigenvalue weighted by Crippen LogP contribution is -2.30. The predicted octanol–water partition coefficient (Wildman–Crippen LogP) is 20.5. The van der Waals surface area contributed by atoms with Crippen molar-refractivity contribution in [3.05, 3.63) is 0 Å². The fourth-order valence-corrected chi connectivity index (χ4v) is 12.4. The normalized spacial score (nSPS) is 14.8. The molecule has 0 aromatic carbocycles. The van der Waals surface area contributed by atoms with Crippen molar-refractivity contribution in [1.82, 2.24) is 0 Å². The lowest BCUT2D eigenvalue weighted by molar-refractivity contribution is -0.161. The highest BCUT2D eigenvalue weighted by Crippen LogP contribution is 2.45. The maximum atomic E-state index is 13.0. The zero-order valence-corrected chi connectivity index (χ0v) is 61.3. The summed E-state index contributed by atoms with van der Waals surface area (Å²) in [5.41, 5.74) is 0. The van der Waals surface area contributed by atoms with Crippen LogP contribution in [0.5, 0.6) is 0 Å². The standard InChI is InChI=1S/C72H140O17P2/c1-9-64(7)50-42-34-26-22-23-29-39-47-55-72(77)89-67(58-82-69(74)52-44-36-27-20-15-13-11-12-14-18-24-32-40-48-62(3)4)60-86-90(78,79)84-56-66(73)57-85-91(80,81)87-61-68(59-83-70(75)53-45-37-31-30-35-43-51-65(8)10-2)88-71(76)54-46-38-28-21-17-16-19-25-33-41-49-63(5)6/h62-68,73H,9-61H2,1-8H3,(H,78,79)(H,80,81)/t64?,65?,66-,67-,68-/m1/s1. The minimum Gasteiger partial charge on any atom is -0.462 e. The molecule has 0 aliphatic heterocycles. The quantitative estimate of drug-likeness (QED) is 0.0222. The van der Waals surface area contributed by atoms with Crippen LogP contribution in [0.4, 0.5) is 0 Å². The fraction of sp³-hybridized carbons (Fsp3) is 0.944. The Morgan fingerprint density at radius 2 is 0.527 bits per heavy atom. The Balaban J connectivity index is 5.25. The number of unbranched alkanes of at least 4 members (excludes halogenated alkanes) is 33. The first-order valence-electron chi connectivity index (χ1n) is 37.3. The van der Waals surface area contributed by atoms with Crippen molar-refractivity contribution in [2.75, 3.05) is 39.6 Å². The molecule has 0 saturated carbocycles. The van der Waals surface area contributed by atoms with Gasteiger partial charge in [0.25, 0.3) is 0 Å². The maximum absolute atomic E-state index is 13.0. The van der Waals surface area contributed by atoms with Gasteiger partial charge in [-0.05, 0) is 49.4 Å². The Bertz CT molecular complexity index is 1800. The highest BCUT2D eigenvalue weighted by Gasteiger charge is 2.30. The zero-order chi connectivity index (χ0) is 67.5. The zero-order valence-electron chi connectivity index (χ0n) is 59.5. The van der Waals surface area contributed by atoms with E-state index in [1.54, 1.807) is 0 Å². The average Bonchev–Trinajstić information content (AvgIpc) is 2.26. The lowest BCUT2D eigenvalue weighted by Gasteiger charge is -2.21. The van der Waals surface area contributed by atoms with Gasteiger partial charge in [-0.25, -0.2) is 9.13 Å². The molecule has 4 unspecified atom stereocenters. The van der Waals surface area contributed by atoms with Crippen LogP contribution in [-0.4, -0.2) is 96.7 Å². The van der Waals surface area contributed by atoms with Gasteiger partial charge in [-0.3, -0.25) is 37.3 Å². The topological polar surface area (TPSA) is 237 Å². The van der Waals surface area contributed by atoms with Crippen molar-refractivity contribution in [3.63, 3.8) is 0 Å². The molecule has 0 heterocycles. The van der Waals surface area contributed by atoms with Crippen molar-refractivity contribution < 1.29 is 80.2 Å². The second kappa shape index (κ2) is 61.6. The summed E-state index contributed by atoms with van der Waals surface area (Å²) in [6.45, 7) is 14.1. The Hall–Kier alpha value is -1.94. The van der Waals surface area contributed by atoms with E-state index in [2.05, 4.69) is 55.4 Å². The lowest BCUT2D eigenvalue weighted by atomic mass is 9.99. The number of hydrogen-bond acceptors (Lipinski definition) is 15. The van der Waals surface area contributed by atoms with Gasteiger partial charge in [0.2, 0.25) is 0 Å². The van der Waals surface area contributed by atoms with Gasteiger partial charge >= 0.3 is 39.5 Å². The van der Waals surface area contributed by atoms with E-state index in [1.807, 2.05) is 0 Å². The SMILES string of the molecule is CCC(C)CCCCCCCCCCC(=O)O[C@H](COC(=O)CCCCCCCCCCCCCCCC(C)C)COP(=O)(O)OC[C@@H](O)COP(=O)(O)OC[C@@H](COC(=O)CCCCCCCCC(C)CC)OC(=O)CCCCCCCCCCCCC(C)C. The summed E-state index contributed by atoms with van der Waals surface area (Å²) in [7, 11) is -9.91. The fourth-order valence-electron chi connectivity index (χ4n) is 10.8. The number of rotatable bonds is 69. The number of aliphatic hydroxyl groups is 1. The van der Waals surface area contributed by atoms with Gasteiger partial charge in [0.1, 0.15) is 19.3 Å². The molecule has 0 spiro atoms.